The summed E-state index contributed by atoms with van der Waals surface area (Å²) >= 11 is 0. The lowest BCUT2D eigenvalue weighted by molar-refractivity contribution is -0.387. The number of hydrogen-bond donors (Lipinski definition) is 2. The lowest BCUT2D eigenvalue weighted by atomic mass is 10.0. The molecule has 6 nitrogen and oxygen atoms in total. The molecule has 0 aromatic heterocycles. The summed E-state index contributed by atoms with van der Waals surface area (Å²) in [6.45, 7) is 3.72. The quantitative estimate of drug-likeness (QED) is 0.640. The summed E-state index contributed by atoms with van der Waals surface area (Å²) < 4.78 is 26.6. The summed E-state index contributed by atoms with van der Waals surface area (Å²) in [6.07, 6.45) is 0.372. The van der Waals surface area contributed by atoms with E-state index in [1.165, 1.54) is 0 Å². The van der Waals surface area contributed by atoms with Crippen molar-refractivity contribution in [1.82, 2.24) is 0 Å². The van der Waals surface area contributed by atoms with E-state index >= 15 is 0 Å². The minimum Gasteiger partial charge on any atom is -0.322 e. The molecule has 0 fully saturated rings. The first-order valence-corrected chi connectivity index (χ1v) is 5.92. The van der Waals surface area contributed by atoms with Crippen LogP contribution in [-0.2, 0) is 4.79 Å². The van der Waals surface area contributed by atoms with Gasteiger partial charge in [-0.25, -0.2) is 4.39 Å². The van der Waals surface area contributed by atoms with E-state index in [2.05, 4.69) is 5.32 Å². The van der Waals surface area contributed by atoms with Crippen LogP contribution in [0.2, 0.25) is 0 Å². The lowest BCUT2D eigenvalue weighted by Crippen LogP contribution is -2.36. The molecule has 0 saturated carbocycles. The number of hydrogen-bond acceptors (Lipinski definition) is 4. The largest absolute Gasteiger partial charge is 0.322 e. The highest BCUT2D eigenvalue weighted by atomic mass is 19.1. The number of nitrogens with zero attached hydrogens (tertiary/aromatic N) is 1. The van der Waals surface area contributed by atoms with Crippen LogP contribution in [0.4, 0.5) is 20.2 Å². The Morgan fingerprint density at radius 2 is 2.00 bits per heavy atom. The number of carbonyl (C=O) groups is 1. The molecule has 0 aliphatic rings. The summed E-state index contributed by atoms with van der Waals surface area (Å²) in [5.41, 5.74) is 4.21. The van der Waals surface area contributed by atoms with Crippen molar-refractivity contribution in [2.24, 2.45) is 11.7 Å². The zero-order chi connectivity index (χ0) is 15.4. The van der Waals surface area contributed by atoms with Crippen LogP contribution >= 0.6 is 0 Å². The normalized spacial score (nSPS) is 12.3. The van der Waals surface area contributed by atoms with Crippen molar-refractivity contribution in [3.05, 3.63) is 33.9 Å². The summed E-state index contributed by atoms with van der Waals surface area (Å²) in [6, 6.07) is 0.102. The highest BCUT2D eigenvalue weighted by molar-refractivity contribution is 5.95. The number of nitro groups is 1. The molecule has 0 aliphatic carbocycles. The van der Waals surface area contributed by atoms with Gasteiger partial charge in [-0.1, -0.05) is 13.8 Å². The molecule has 1 rings (SSSR count). The fourth-order valence-corrected chi connectivity index (χ4v) is 1.61. The third-order valence-electron chi connectivity index (χ3n) is 2.55. The van der Waals surface area contributed by atoms with Crippen molar-refractivity contribution in [2.75, 3.05) is 5.32 Å². The van der Waals surface area contributed by atoms with E-state index in [4.69, 9.17) is 5.73 Å². The maximum atomic E-state index is 13.5. The molecule has 20 heavy (non-hydrogen) atoms. The number of nitro benzene ring substituents is 1. The third kappa shape index (κ3) is 3.95. The van der Waals surface area contributed by atoms with Crippen LogP contribution < -0.4 is 11.1 Å². The van der Waals surface area contributed by atoms with Crippen molar-refractivity contribution in [2.45, 2.75) is 26.3 Å². The second-order valence-corrected chi connectivity index (χ2v) is 4.77. The minimum atomic E-state index is -1.31. The maximum absolute atomic E-state index is 13.5. The van der Waals surface area contributed by atoms with Crippen LogP contribution in [0.3, 0.4) is 0 Å². The molecule has 1 atom stereocenters. The van der Waals surface area contributed by atoms with E-state index in [-0.39, 0.29) is 5.92 Å². The molecule has 0 heterocycles. The predicted molar refractivity (Wildman–Crippen MR) is 69.1 cm³/mol. The Hall–Kier alpha value is -2.09. The van der Waals surface area contributed by atoms with E-state index in [1.807, 2.05) is 13.8 Å². The Bertz CT molecular complexity index is 535. The first-order chi connectivity index (χ1) is 9.22. The summed E-state index contributed by atoms with van der Waals surface area (Å²) in [5, 5.41) is 12.7. The second-order valence-electron chi connectivity index (χ2n) is 4.77. The fourth-order valence-electron chi connectivity index (χ4n) is 1.61. The molecular weight excluding hydrogens is 272 g/mol. The number of halogens is 2. The van der Waals surface area contributed by atoms with Crippen LogP contribution in [0.1, 0.15) is 20.3 Å². The molecule has 1 aromatic rings. The molecule has 110 valence electrons. The van der Waals surface area contributed by atoms with Gasteiger partial charge in [-0.2, -0.15) is 4.39 Å². The smallest absolute Gasteiger partial charge is 0.307 e. The van der Waals surface area contributed by atoms with E-state index in [9.17, 15) is 23.7 Å². The summed E-state index contributed by atoms with van der Waals surface area (Å²) in [5.74, 6) is -2.93. The lowest BCUT2D eigenvalue weighted by Gasteiger charge is -2.14. The molecule has 1 amide bonds. The van der Waals surface area contributed by atoms with Gasteiger partial charge in [0.15, 0.2) is 0 Å². The second kappa shape index (κ2) is 6.38. The molecule has 1 unspecified atom stereocenters. The SMILES string of the molecule is CC(C)CC(N)C(=O)Nc1cc([N+](=O)[O-])c(F)cc1F. The van der Waals surface area contributed by atoms with E-state index < -0.39 is 39.9 Å². The van der Waals surface area contributed by atoms with Crippen LogP contribution in [0, 0.1) is 27.7 Å². The highest BCUT2D eigenvalue weighted by Gasteiger charge is 2.21. The van der Waals surface area contributed by atoms with Gasteiger partial charge in [-0.15, -0.1) is 0 Å². The monoisotopic (exact) mass is 287 g/mol. The molecule has 0 bridgehead atoms. The number of rotatable bonds is 5. The number of benzene rings is 1. The zero-order valence-corrected chi connectivity index (χ0v) is 11.0. The Kier molecular flexibility index (Phi) is 5.09. The average Bonchev–Trinajstić information content (AvgIpc) is 2.30. The number of anilines is 1. The van der Waals surface area contributed by atoms with Gasteiger partial charge in [0.05, 0.1) is 16.7 Å². The molecule has 3 N–H and O–H groups in total. The Labute approximate surface area is 114 Å². The molecule has 0 saturated heterocycles. The third-order valence-corrected chi connectivity index (χ3v) is 2.55. The molecule has 8 heteroatoms. The van der Waals surface area contributed by atoms with Gasteiger partial charge in [-0.3, -0.25) is 14.9 Å². The van der Waals surface area contributed by atoms with E-state index in [0.29, 0.717) is 18.6 Å². The maximum Gasteiger partial charge on any atom is 0.307 e. The molecule has 0 spiro atoms. The molecule has 0 radical (unpaired) electrons. The highest BCUT2D eigenvalue weighted by Crippen LogP contribution is 2.25. The number of nitrogens with two attached hydrogens (primary N) is 1. The van der Waals surface area contributed by atoms with Crippen LogP contribution in [-0.4, -0.2) is 16.9 Å². The number of nitrogens with one attached hydrogen (secondary N) is 1. The predicted octanol–water partition coefficient (Wildman–Crippen LogP) is 2.18. The summed E-state index contributed by atoms with van der Waals surface area (Å²) in [7, 11) is 0. The van der Waals surface area contributed by atoms with Gasteiger partial charge in [0.25, 0.3) is 0 Å². The van der Waals surface area contributed by atoms with Crippen molar-refractivity contribution >= 4 is 17.3 Å². The van der Waals surface area contributed by atoms with Crippen molar-refractivity contribution in [1.29, 1.82) is 0 Å². The zero-order valence-electron chi connectivity index (χ0n) is 11.0. The molecule has 1 aromatic carbocycles. The van der Waals surface area contributed by atoms with Crippen molar-refractivity contribution in [3.8, 4) is 0 Å². The van der Waals surface area contributed by atoms with Crippen LogP contribution in [0.15, 0.2) is 12.1 Å². The van der Waals surface area contributed by atoms with Crippen LogP contribution in [0.5, 0.6) is 0 Å². The fraction of sp³-hybridized carbons (Fsp3) is 0.417. The van der Waals surface area contributed by atoms with Crippen molar-refractivity contribution in [3.63, 3.8) is 0 Å². The minimum absolute atomic E-state index is 0.156. The van der Waals surface area contributed by atoms with Gasteiger partial charge < -0.3 is 11.1 Å². The van der Waals surface area contributed by atoms with Crippen LogP contribution in [0.25, 0.3) is 0 Å². The van der Waals surface area contributed by atoms with E-state index in [1.54, 1.807) is 0 Å². The van der Waals surface area contributed by atoms with Gasteiger partial charge in [0.1, 0.15) is 5.82 Å². The Morgan fingerprint density at radius 1 is 1.40 bits per heavy atom. The summed E-state index contributed by atoms with van der Waals surface area (Å²) in [4.78, 5) is 21.3. The van der Waals surface area contributed by atoms with Crippen molar-refractivity contribution < 1.29 is 18.5 Å². The van der Waals surface area contributed by atoms with Gasteiger partial charge in [0, 0.05) is 12.1 Å². The average molecular weight is 287 g/mol. The first kappa shape index (κ1) is 16.0. The number of amides is 1. The first-order valence-electron chi connectivity index (χ1n) is 5.92. The standard InChI is InChI=1S/C12H15F2N3O3/c1-6(2)3-9(15)12(18)16-10-5-11(17(19)20)8(14)4-7(10)13/h4-6,9H,3,15H2,1-2H3,(H,16,18). The van der Waals surface area contributed by atoms with E-state index in [0.717, 1.165) is 0 Å². The number of carbonyl (C=O) groups excluding carboxylic acids is 1. The van der Waals surface area contributed by atoms with Gasteiger partial charge in [-0.05, 0) is 12.3 Å². The topological polar surface area (TPSA) is 98.3 Å². The Balaban J connectivity index is 2.95. The molecular formula is C12H15F2N3O3. The Morgan fingerprint density at radius 3 is 2.50 bits per heavy atom. The van der Waals surface area contributed by atoms with Gasteiger partial charge >= 0.3 is 5.69 Å². The molecule has 0 aliphatic heterocycles. The van der Waals surface area contributed by atoms with Gasteiger partial charge in [0.2, 0.25) is 11.7 Å².